The monoisotopic (exact) mass is 263 g/mol. The van der Waals surface area contributed by atoms with Gasteiger partial charge < -0.3 is 4.90 Å². The van der Waals surface area contributed by atoms with E-state index in [1.807, 2.05) is 5.38 Å². The first-order chi connectivity index (χ1) is 8.54. The van der Waals surface area contributed by atoms with Crippen LogP contribution in [-0.4, -0.2) is 24.9 Å². The van der Waals surface area contributed by atoms with Gasteiger partial charge in [-0.25, -0.2) is 4.39 Å². The Bertz CT molecular complexity index is 628. The second-order valence-electron chi connectivity index (χ2n) is 5.07. The van der Waals surface area contributed by atoms with Gasteiger partial charge in [-0.1, -0.05) is 6.07 Å². The van der Waals surface area contributed by atoms with Crippen LogP contribution in [0.25, 0.3) is 10.1 Å². The molecule has 0 bridgehead atoms. The number of likely N-dealkylation sites (N-methyl/N-ethyl adjacent to an activating group) is 1. The van der Waals surface area contributed by atoms with E-state index in [2.05, 4.69) is 0 Å². The predicted octanol–water partition coefficient (Wildman–Crippen LogP) is 3.16. The minimum Gasteiger partial charge on any atom is -0.348 e. The van der Waals surface area contributed by atoms with Gasteiger partial charge in [-0.15, -0.1) is 11.3 Å². The van der Waals surface area contributed by atoms with Crippen molar-refractivity contribution in [3.8, 4) is 0 Å². The Hall–Kier alpha value is -1.42. The number of thiophene rings is 1. The molecule has 1 aliphatic carbocycles. The minimum absolute atomic E-state index is 0.159. The second-order valence-corrected chi connectivity index (χ2v) is 5.98. The molecule has 1 aliphatic rings. The molecule has 0 aliphatic heterocycles. The molecule has 94 valence electrons. The van der Waals surface area contributed by atoms with Gasteiger partial charge in [0.05, 0.1) is 5.41 Å². The summed E-state index contributed by atoms with van der Waals surface area (Å²) in [5, 5.41) is 3.03. The summed E-state index contributed by atoms with van der Waals surface area (Å²) >= 11 is 1.51. The molecule has 1 saturated carbocycles. The van der Waals surface area contributed by atoms with Crippen molar-refractivity contribution >= 4 is 27.3 Å². The van der Waals surface area contributed by atoms with Crippen molar-refractivity contribution in [2.45, 2.75) is 18.3 Å². The second kappa shape index (κ2) is 3.79. The first-order valence-electron chi connectivity index (χ1n) is 5.93. The molecule has 2 nitrogen and oxygen atoms in total. The van der Waals surface area contributed by atoms with E-state index >= 15 is 0 Å². The zero-order valence-corrected chi connectivity index (χ0v) is 11.2. The number of halogens is 1. The van der Waals surface area contributed by atoms with E-state index in [0.29, 0.717) is 0 Å². The molecule has 3 rings (SSSR count). The summed E-state index contributed by atoms with van der Waals surface area (Å²) in [7, 11) is 3.58. The number of fused-ring (bicyclic) bond motifs is 1. The first kappa shape index (κ1) is 11.7. The lowest BCUT2D eigenvalue weighted by atomic mass is 9.94. The Morgan fingerprint density at radius 1 is 1.39 bits per heavy atom. The molecule has 2 aromatic rings. The number of nitrogens with zero attached hydrogens (tertiary/aromatic N) is 1. The Balaban J connectivity index is 2.13. The quantitative estimate of drug-likeness (QED) is 0.815. The van der Waals surface area contributed by atoms with E-state index in [4.69, 9.17) is 0 Å². The molecule has 1 aromatic heterocycles. The van der Waals surface area contributed by atoms with Crippen molar-refractivity contribution in [2.24, 2.45) is 0 Å². The van der Waals surface area contributed by atoms with E-state index in [9.17, 15) is 9.18 Å². The summed E-state index contributed by atoms with van der Waals surface area (Å²) in [5.74, 6) is -0.0637. The summed E-state index contributed by atoms with van der Waals surface area (Å²) in [6.07, 6.45) is 1.79. The number of rotatable bonds is 2. The summed E-state index contributed by atoms with van der Waals surface area (Å²) in [6, 6.07) is 4.80. The smallest absolute Gasteiger partial charge is 0.232 e. The van der Waals surface area contributed by atoms with Crippen molar-refractivity contribution < 1.29 is 9.18 Å². The van der Waals surface area contributed by atoms with Crippen molar-refractivity contribution in [3.63, 3.8) is 0 Å². The molecular formula is C14H14FNOS. The molecule has 1 aromatic carbocycles. The number of hydrogen-bond donors (Lipinski definition) is 0. The number of hydrogen-bond acceptors (Lipinski definition) is 2. The lowest BCUT2D eigenvalue weighted by molar-refractivity contribution is -0.131. The fraction of sp³-hybridized carbons (Fsp3) is 0.357. The average Bonchev–Trinajstić information content (AvgIpc) is 3.03. The molecular weight excluding hydrogens is 249 g/mol. The summed E-state index contributed by atoms with van der Waals surface area (Å²) in [5.41, 5.74) is 0.723. The van der Waals surface area contributed by atoms with Crippen LogP contribution in [-0.2, 0) is 10.2 Å². The highest BCUT2D eigenvalue weighted by molar-refractivity contribution is 7.17. The maximum atomic E-state index is 13.2. The SMILES string of the molecule is CN(C)C(=O)C1(c2csc3cc(F)ccc23)CC1. The summed E-state index contributed by atoms with van der Waals surface area (Å²) < 4.78 is 14.1. The lowest BCUT2D eigenvalue weighted by Gasteiger charge is -2.19. The minimum atomic E-state index is -0.348. The maximum Gasteiger partial charge on any atom is 0.232 e. The molecule has 1 fully saturated rings. The van der Waals surface area contributed by atoms with Crippen LogP contribution in [0.15, 0.2) is 23.6 Å². The molecule has 1 heterocycles. The van der Waals surface area contributed by atoms with E-state index in [1.165, 1.54) is 17.4 Å². The van der Waals surface area contributed by atoms with Gasteiger partial charge in [0.15, 0.2) is 0 Å². The summed E-state index contributed by atoms with van der Waals surface area (Å²) in [6.45, 7) is 0. The third-order valence-corrected chi connectivity index (χ3v) is 4.56. The van der Waals surface area contributed by atoms with Gasteiger partial charge in [-0.05, 0) is 41.3 Å². The predicted molar refractivity (Wildman–Crippen MR) is 71.4 cm³/mol. The highest BCUT2D eigenvalue weighted by Gasteiger charge is 2.53. The molecule has 0 unspecified atom stereocenters. The molecule has 0 radical (unpaired) electrons. The van der Waals surface area contributed by atoms with E-state index in [1.54, 1.807) is 31.1 Å². The van der Waals surface area contributed by atoms with Crippen molar-refractivity contribution in [1.29, 1.82) is 0 Å². The van der Waals surface area contributed by atoms with Crippen LogP contribution >= 0.6 is 11.3 Å². The maximum absolute atomic E-state index is 13.2. The van der Waals surface area contributed by atoms with Crippen LogP contribution in [0.1, 0.15) is 18.4 Å². The number of amides is 1. The third-order valence-electron chi connectivity index (χ3n) is 3.62. The molecule has 0 N–H and O–H groups in total. The van der Waals surface area contributed by atoms with Crippen LogP contribution in [0, 0.1) is 5.82 Å². The zero-order chi connectivity index (χ0) is 12.9. The Labute approximate surface area is 109 Å². The normalized spacial score (nSPS) is 16.8. The van der Waals surface area contributed by atoms with E-state index < -0.39 is 0 Å². The van der Waals surface area contributed by atoms with Gasteiger partial charge in [0.1, 0.15) is 5.82 Å². The van der Waals surface area contributed by atoms with Gasteiger partial charge in [-0.2, -0.15) is 0 Å². The topological polar surface area (TPSA) is 20.3 Å². The van der Waals surface area contributed by atoms with Crippen LogP contribution in [0.4, 0.5) is 4.39 Å². The molecule has 0 saturated heterocycles. The standard InChI is InChI=1S/C14H14FNOS/c1-16(2)13(17)14(5-6-14)11-8-18-12-7-9(15)3-4-10(11)12/h3-4,7-8H,5-6H2,1-2H3. The fourth-order valence-corrected chi connectivity index (χ4v) is 3.61. The number of carbonyl (C=O) groups is 1. The van der Waals surface area contributed by atoms with Crippen molar-refractivity contribution in [1.82, 2.24) is 4.90 Å². The molecule has 0 spiro atoms. The van der Waals surface area contributed by atoms with Gasteiger partial charge in [0.2, 0.25) is 5.91 Å². The largest absolute Gasteiger partial charge is 0.348 e. The van der Waals surface area contributed by atoms with Gasteiger partial charge >= 0.3 is 0 Å². The highest BCUT2D eigenvalue weighted by Crippen LogP contribution is 2.52. The first-order valence-corrected chi connectivity index (χ1v) is 6.81. The van der Waals surface area contributed by atoms with Crippen LogP contribution in [0.3, 0.4) is 0 Å². The average molecular weight is 263 g/mol. The molecule has 18 heavy (non-hydrogen) atoms. The third kappa shape index (κ3) is 1.56. The van der Waals surface area contributed by atoms with Crippen LogP contribution < -0.4 is 0 Å². The Morgan fingerprint density at radius 3 is 2.72 bits per heavy atom. The zero-order valence-electron chi connectivity index (χ0n) is 10.4. The Kier molecular flexibility index (Phi) is 2.45. The molecule has 4 heteroatoms. The molecule has 0 atom stereocenters. The highest BCUT2D eigenvalue weighted by atomic mass is 32.1. The Morgan fingerprint density at radius 2 is 2.11 bits per heavy atom. The van der Waals surface area contributed by atoms with Gasteiger partial charge in [0, 0.05) is 18.8 Å². The van der Waals surface area contributed by atoms with Crippen molar-refractivity contribution in [2.75, 3.05) is 14.1 Å². The van der Waals surface area contributed by atoms with Gasteiger partial charge in [0.25, 0.3) is 0 Å². The number of benzene rings is 1. The lowest BCUT2D eigenvalue weighted by Crippen LogP contribution is -2.33. The van der Waals surface area contributed by atoms with Crippen molar-refractivity contribution in [3.05, 3.63) is 35.0 Å². The molecule has 1 amide bonds. The van der Waals surface area contributed by atoms with Crippen LogP contribution in [0.2, 0.25) is 0 Å². The van der Waals surface area contributed by atoms with E-state index in [0.717, 1.165) is 28.5 Å². The summed E-state index contributed by atoms with van der Waals surface area (Å²) in [4.78, 5) is 13.9. The number of carbonyl (C=O) groups excluding carboxylic acids is 1. The van der Waals surface area contributed by atoms with E-state index in [-0.39, 0.29) is 17.1 Å². The fourth-order valence-electron chi connectivity index (χ4n) is 2.52. The van der Waals surface area contributed by atoms with Gasteiger partial charge in [-0.3, -0.25) is 4.79 Å². The van der Waals surface area contributed by atoms with Crippen LogP contribution in [0.5, 0.6) is 0 Å².